The van der Waals surface area contributed by atoms with Gasteiger partial charge in [0.1, 0.15) is 0 Å². The van der Waals surface area contributed by atoms with Crippen LogP contribution >= 0.6 is 0 Å². The van der Waals surface area contributed by atoms with Gasteiger partial charge in [-0.3, -0.25) is 4.79 Å². The second kappa shape index (κ2) is 4.38. The monoisotopic (exact) mass is 210 g/mol. The first-order chi connectivity index (χ1) is 6.85. The van der Waals surface area contributed by atoms with Gasteiger partial charge in [0, 0.05) is 6.92 Å². The highest BCUT2D eigenvalue weighted by atomic mass is 16.5. The molecule has 0 fully saturated rings. The zero-order valence-electron chi connectivity index (χ0n) is 10.5. The van der Waals surface area contributed by atoms with E-state index in [1.54, 1.807) is 0 Å². The van der Waals surface area contributed by atoms with Crippen molar-refractivity contribution < 1.29 is 9.53 Å². The predicted molar refractivity (Wildman–Crippen MR) is 61.4 cm³/mol. The molecular formula is C13H22O2. The van der Waals surface area contributed by atoms with Crippen LogP contribution in [0, 0.1) is 17.3 Å². The van der Waals surface area contributed by atoms with Gasteiger partial charge in [-0.25, -0.2) is 0 Å². The summed E-state index contributed by atoms with van der Waals surface area (Å²) in [6.45, 7) is 10.9. The van der Waals surface area contributed by atoms with Crippen LogP contribution in [0.2, 0.25) is 0 Å². The second-order valence-corrected chi connectivity index (χ2v) is 5.23. The van der Waals surface area contributed by atoms with Gasteiger partial charge in [0.15, 0.2) is 0 Å². The zero-order chi connectivity index (χ0) is 11.6. The predicted octanol–water partition coefficient (Wildman–Crippen LogP) is 3.18. The molecule has 2 nitrogen and oxygen atoms in total. The van der Waals surface area contributed by atoms with Gasteiger partial charge in [0.2, 0.25) is 0 Å². The van der Waals surface area contributed by atoms with E-state index in [2.05, 4.69) is 33.8 Å². The van der Waals surface area contributed by atoms with Crippen molar-refractivity contribution in [3.05, 3.63) is 11.6 Å². The first-order valence-electron chi connectivity index (χ1n) is 5.66. The zero-order valence-corrected chi connectivity index (χ0v) is 10.5. The summed E-state index contributed by atoms with van der Waals surface area (Å²) in [7, 11) is 0. The average Bonchev–Trinajstić information content (AvgIpc) is 2.38. The molecule has 1 aliphatic carbocycles. The Hall–Kier alpha value is -0.790. The molecule has 86 valence electrons. The Labute approximate surface area is 92.7 Å². The van der Waals surface area contributed by atoms with E-state index >= 15 is 0 Å². The standard InChI is InChI=1S/C13H22O2/c1-9(8-15-11(3)14)12-7-6-10(2)13(12,4)5/h6,9,12H,7-8H2,1-5H3. The Morgan fingerprint density at radius 3 is 2.67 bits per heavy atom. The van der Waals surface area contributed by atoms with Crippen LogP contribution in [0.25, 0.3) is 0 Å². The van der Waals surface area contributed by atoms with Gasteiger partial charge >= 0.3 is 5.97 Å². The number of allylic oxidation sites excluding steroid dienone is 2. The van der Waals surface area contributed by atoms with Gasteiger partial charge in [-0.1, -0.05) is 32.4 Å². The van der Waals surface area contributed by atoms with Crippen molar-refractivity contribution in [3.63, 3.8) is 0 Å². The topological polar surface area (TPSA) is 26.3 Å². The average molecular weight is 210 g/mol. The minimum atomic E-state index is -0.178. The second-order valence-electron chi connectivity index (χ2n) is 5.23. The van der Waals surface area contributed by atoms with Crippen LogP contribution in [0.4, 0.5) is 0 Å². The smallest absolute Gasteiger partial charge is 0.302 e. The molecule has 1 rings (SSSR count). The Bertz CT molecular complexity index is 276. The third kappa shape index (κ3) is 2.61. The van der Waals surface area contributed by atoms with Crippen molar-refractivity contribution in [2.45, 2.75) is 41.0 Å². The minimum Gasteiger partial charge on any atom is -0.466 e. The van der Waals surface area contributed by atoms with E-state index in [0.717, 1.165) is 6.42 Å². The minimum absolute atomic E-state index is 0.178. The van der Waals surface area contributed by atoms with Crippen LogP contribution in [-0.4, -0.2) is 12.6 Å². The summed E-state index contributed by atoms with van der Waals surface area (Å²) in [5.41, 5.74) is 1.71. The Kier molecular flexibility index (Phi) is 3.58. The molecule has 15 heavy (non-hydrogen) atoms. The molecule has 2 heteroatoms. The number of hydrogen-bond donors (Lipinski definition) is 0. The first kappa shape index (κ1) is 12.3. The summed E-state index contributed by atoms with van der Waals surface area (Å²) in [6.07, 6.45) is 3.43. The van der Waals surface area contributed by atoms with E-state index in [0.29, 0.717) is 18.4 Å². The Morgan fingerprint density at radius 1 is 1.67 bits per heavy atom. The lowest BCUT2D eigenvalue weighted by molar-refractivity contribution is -0.143. The van der Waals surface area contributed by atoms with Gasteiger partial charge in [-0.05, 0) is 30.6 Å². The molecule has 0 saturated heterocycles. The molecular weight excluding hydrogens is 188 g/mol. The van der Waals surface area contributed by atoms with Gasteiger partial charge in [0.05, 0.1) is 6.61 Å². The van der Waals surface area contributed by atoms with Gasteiger partial charge < -0.3 is 4.74 Å². The number of carbonyl (C=O) groups is 1. The van der Waals surface area contributed by atoms with E-state index in [-0.39, 0.29) is 11.4 Å². The van der Waals surface area contributed by atoms with Gasteiger partial charge in [-0.2, -0.15) is 0 Å². The normalized spacial score (nSPS) is 25.9. The van der Waals surface area contributed by atoms with Crippen molar-refractivity contribution in [1.29, 1.82) is 0 Å². The quantitative estimate of drug-likeness (QED) is 0.528. The molecule has 0 bridgehead atoms. The highest BCUT2D eigenvalue weighted by molar-refractivity contribution is 5.65. The third-order valence-electron chi connectivity index (χ3n) is 3.86. The molecule has 1 aliphatic rings. The maximum absolute atomic E-state index is 10.8. The molecule has 0 saturated carbocycles. The maximum Gasteiger partial charge on any atom is 0.302 e. The third-order valence-corrected chi connectivity index (χ3v) is 3.86. The fourth-order valence-electron chi connectivity index (χ4n) is 2.46. The van der Waals surface area contributed by atoms with Crippen molar-refractivity contribution in [2.75, 3.05) is 6.61 Å². The Balaban J connectivity index is 2.55. The first-order valence-corrected chi connectivity index (χ1v) is 5.66. The molecule has 0 heterocycles. The van der Waals surface area contributed by atoms with Crippen LogP contribution in [0.5, 0.6) is 0 Å². The highest BCUT2D eigenvalue weighted by Crippen LogP contribution is 2.46. The number of ether oxygens (including phenoxy) is 1. The largest absolute Gasteiger partial charge is 0.466 e. The summed E-state index contributed by atoms with van der Waals surface area (Å²) < 4.78 is 5.08. The molecule has 0 aromatic carbocycles. The lowest BCUT2D eigenvalue weighted by atomic mass is 9.72. The van der Waals surface area contributed by atoms with Crippen LogP contribution in [0.15, 0.2) is 11.6 Å². The van der Waals surface area contributed by atoms with Crippen molar-refractivity contribution >= 4 is 5.97 Å². The summed E-state index contributed by atoms with van der Waals surface area (Å²) in [5.74, 6) is 0.844. The van der Waals surface area contributed by atoms with E-state index in [1.807, 2.05) is 0 Å². The summed E-state index contributed by atoms with van der Waals surface area (Å²) in [5, 5.41) is 0. The van der Waals surface area contributed by atoms with Crippen LogP contribution in [-0.2, 0) is 9.53 Å². The summed E-state index contributed by atoms with van der Waals surface area (Å²) in [4.78, 5) is 10.8. The molecule has 0 aromatic heterocycles. The molecule has 0 spiro atoms. The fraction of sp³-hybridized carbons (Fsp3) is 0.769. The van der Waals surface area contributed by atoms with Crippen LogP contribution < -0.4 is 0 Å². The molecule has 0 radical (unpaired) electrons. The van der Waals surface area contributed by atoms with Crippen LogP contribution in [0.1, 0.15) is 41.0 Å². The molecule has 0 aliphatic heterocycles. The number of carbonyl (C=O) groups excluding carboxylic acids is 1. The molecule has 2 atom stereocenters. The van der Waals surface area contributed by atoms with Gasteiger partial charge in [0.25, 0.3) is 0 Å². The van der Waals surface area contributed by atoms with Crippen LogP contribution in [0.3, 0.4) is 0 Å². The van der Waals surface area contributed by atoms with Crippen molar-refractivity contribution in [2.24, 2.45) is 17.3 Å². The van der Waals surface area contributed by atoms with Crippen molar-refractivity contribution in [3.8, 4) is 0 Å². The number of rotatable bonds is 3. The lowest BCUT2D eigenvalue weighted by Gasteiger charge is -2.33. The van der Waals surface area contributed by atoms with E-state index in [9.17, 15) is 4.79 Å². The molecule has 0 N–H and O–H groups in total. The number of hydrogen-bond acceptors (Lipinski definition) is 2. The molecule has 0 amide bonds. The summed E-state index contributed by atoms with van der Waals surface area (Å²) in [6, 6.07) is 0. The molecule has 2 unspecified atom stereocenters. The van der Waals surface area contributed by atoms with E-state index in [4.69, 9.17) is 4.74 Å². The maximum atomic E-state index is 10.8. The van der Waals surface area contributed by atoms with Crippen molar-refractivity contribution in [1.82, 2.24) is 0 Å². The SMILES string of the molecule is CC(=O)OCC(C)C1CC=C(C)C1(C)C. The Morgan fingerprint density at radius 2 is 2.27 bits per heavy atom. The highest BCUT2D eigenvalue weighted by Gasteiger charge is 2.38. The number of esters is 1. The summed E-state index contributed by atoms with van der Waals surface area (Å²) >= 11 is 0. The van der Waals surface area contributed by atoms with Gasteiger partial charge in [-0.15, -0.1) is 0 Å². The fourth-order valence-corrected chi connectivity index (χ4v) is 2.46. The lowest BCUT2D eigenvalue weighted by Crippen LogP contribution is -2.29. The molecule has 0 aromatic rings. The van der Waals surface area contributed by atoms with E-state index < -0.39 is 0 Å². The van der Waals surface area contributed by atoms with E-state index in [1.165, 1.54) is 12.5 Å².